The van der Waals surface area contributed by atoms with E-state index < -0.39 is 18.0 Å². The van der Waals surface area contributed by atoms with Crippen LogP contribution in [0.2, 0.25) is 0 Å². The number of urea groups is 1. The molecule has 0 aliphatic carbocycles. The van der Waals surface area contributed by atoms with E-state index in [9.17, 15) is 9.59 Å². The highest BCUT2D eigenvalue weighted by Gasteiger charge is 2.19. The van der Waals surface area contributed by atoms with Crippen LogP contribution >= 0.6 is 0 Å². The van der Waals surface area contributed by atoms with E-state index in [2.05, 4.69) is 17.2 Å². The lowest BCUT2D eigenvalue weighted by Gasteiger charge is -2.15. The molecule has 3 N–H and O–H groups in total. The molecule has 0 aliphatic heterocycles. The Kier molecular flexibility index (Phi) is 5.60. The van der Waals surface area contributed by atoms with Crippen molar-refractivity contribution in [2.45, 2.75) is 19.4 Å². The van der Waals surface area contributed by atoms with Crippen molar-refractivity contribution in [1.82, 2.24) is 10.6 Å². The number of carboxylic acid groups (broad SMARTS) is 1. The van der Waals surface area contributed by atoms with Gasteiger partial charge in [-0.1, -0.05) is 42.5 Å². The van der Waals surface area contributed by atoms with Crippen LogP contribution in [0.5, 0.6) is 0 Å². The van der Waals surface area contributed by atoms with Crippen LogP contribution in [0.25, 0.3) is 0 Å². The average molecular weight is 262 g/mol. The standard InChI is InChI=1S/C14H18N2O3/c1-10(2)9-15-14(19)16-12(13(17)18)8-11-6-4-3-5-7-11/h3-7,12H,1,8-9H2,2H3,(H,17,18)(H2,15,16,19)/t12-/m1/s1. The fourth-order valence-corrected chi connectivity index (χ4v) is 1.49. The SMILES string of the molecule is C=C(C)CNC(=O)N[C@H](Cc1ccccc1)C(=O)O. The first-order chi connectivity index (χ1) is 8.99. The molecule has 0 fully saturated rings. The Morgan fingerprint density at radius 3 is 2.47 bits per heavy atom. The van der Waals surface area contributed by atoms with E-state index in [0.29, 0.717) is 6.54 Å². The van der Waals surface area contributed by atoms with E-state index in [1.165, 1.54) is 0 Å². The lowest BCUT2D eigenvalue weighted by molar-refractivity contribution is -0.139. The molecule has 0 bridgehead atoms. The lowest BCUT2D eigenvalue weighted by Crippen LogP contribution is -2.47. The minimum absolute atomic E-state index is 0.247. The molecule has 19 heavy (non-hydrogen) atoms. The van der Waals surface area contributed by atoms with E-state index in [0.717, 1.165) is 11.1 Å². The molecule has 0 spiro atoms. The fraction of sp³-hybridized carbons (Fsp3) is 0.286. The van der Waals surface area contributed by atoms with Gasteiger partial charge in [-0.2, -0.15) is 0 Å². The van der Waals surface area contributed by atoms with Gasteiger partial charge in [-0.3, -0.25) is 0 Å². The van der Waals surface area contributed by atoms with Crippen molar-refractivity contribution in [2.24, 2.45) is 0 Å². The normalized spacial score (nSPS) is 11.4. The third-order valence-electron chi connectivity index (χ3n) is 2.44. The van der Waals surface area contributed by atoms with E-state index in [-0.39, 0.29) is 6.42 Å². The Morgan fingerprint density at radius 2 is 1.95 bits per heavy atom. The van der Waals surface area contributed by atoms with Crippen molar-refractivity contribution in [3.05, 3.63) is 48.0 Å². The van der Waals surface area contributed by atoms with Gasteiger partial charge < -0.3 is 15.7 Å². The van der Waals surface area contributed by atoms with Gasteiger partial charge in [0.05, 0.1) is 0 Å². The van der Waals surface area contributed by atoms with Gasteiger partial charge >= 0.3 is 12.0 Å². The number of hydrogen-bond donors (Lipinski definition) is 3. The molecule has 0 aliphatic rings. The van der Waals surface area contributed by atoms with Crippen LogP contribution in [0.4, 0.5) is 4.79 Å². The Bertz CT molecular complexity index is 457. The second-order valence-electron chi connectivity index (χ2n) is 4.36. The van der Waals surface area contributed by atoms with Crippen LogP contribution < -0.4 is 10.6 Å². The number of carbonyl (C=O) groups is 2. The molecule has 0 saturated heterocycles. The maximum Gasteiger partial charge on any atom is 0.326 e. The quantitative estimate of drug-likeness (QED) is 0.681. The monoisotopic (exact) mass is 262 g/mol. The van der Waals surface area contributed by atoms with Gasteiger partial charge in [0.1, 0.15) is 6.04 Å². The van der Waals surface area contributed by atoms with Crippen molar-refractivity contribution in [3.63, 3.8) is 0 Å². The molecule has 5 nitrogen and oxygen atoms in total. The van der Waals surface area contributed by atoms with E-state index in [1.807, 2.05) is 30.3 Å². The molecule has 0 unspecified atom stereocenters. The first-order valence-corrected chi connectivity index (χ1v) is 5.94. The molecule has 2 amide bonds. The Balaban J connectivity index is 2.56. The Morgan fingerprint density at radius 1 is 1.32 bits per heavy atom. The first kappa shape index (κ1) is 14.8. The minimum Gasteiger partial charge on any atom is -0.480 e. The molecule has 1 aromatic carbocycles. The molecule has 5 heteroatoms. The van der Waals surface area contributed by atoms with Crippen molar-refractivity contribution in [2.75, 3.05) is 6.54 Å². The van der Waals surface area contributed by atoms with Crippen molar-refractivity contribution >= 4 is 12.0 Å². The predicted octanol–water partition coefficient (Wildman–Crippen LogP) is 1.56. The maximum absolute atomic E-state index is 11.5. The predicted molar refractivity (Wildman–Crippen MR) is 72.9 cm³/mol. The van der Waals surface area contributed by atoms with Gasteiger partial charge in [0, 0.05) is 13.0 Å². The lowest BCUT2D eigenvalue weighted by atomic mass is 10.1. The van der Waals surface area contributed by atoms with Gasteiger partial charge in [0.15, 0.2) is 0 Å². The summed E-state index contributed by atoms with van der Waals surface area (Å²) in [6, 6.07) is 7.70. The summed E-state index contributed by atoms with van der Waals surface area (Å²) in [5.74, 6) is -1.06. The third kappa shape index (κ3) is 5.72. The van der Waals surface area contributed by atoms with E-state index in [1.54, 1.807) is 6.92 Å². The highest BCUT2D eigenvalue weighted by Crippen LogP contribution is 2.03. The van der Waals surface area contributed by atoms with Gasteiger partial charge in [0.2, 0.25) is 0 Å². The van der Waals surface area contributed by atoms with Crippen molar-refractivity contribution in [1.29, 1.82) is 0 Å². The highest BCUT2D eigenvalue weighted by molar-refractivity contribution is 5.82. The summed E-state index contributed by atoms with van der Waals surface area (Å²) in [4.78, 5) is 22.6. The summed E-state index contributed by atoms with van der Waals surface area (Å²) >= 11 is 0. The number of rotatable bonds is 6. The van der Waals surface area contributed by atoms with Gasteiger partial charge in [0.25, 0.3) is 0 Å². The number of amides is 2. The van der Waals surface area contributed by atoms with E-state index in [4.69, 9.17) is 5.11 Å². The molecule has 1 rings (SSSR count). The molecule has 0 heterocycles. The summed E-state index contributed by atoms with van der Waals surface area (Å²) in [7, 11) is 0. The number of aliphatic carboxylic acids is 1. The Hall–Kier alpha value is -2.30. The molecule has 0 radical (unpaired) electrons. The molecule has 0 saturated carbocycles. The molecule has 102 valence electrons. The molecular weight excluding hydrogens is 244 g/mol. The van der Waals surface area contributed by atoms with Crippen LogP contribution in [0.15, 0.2) is 42.5 Å². The molecule has 1 aromatic rings. The van der Waals surface area contributed by atoms with Gasteiger partial charge in [-0.05, 0) is 12.5 Å². The zero-order chi connectivity index (χ0) is 14.3. The van der Waals surface area contributed by atoms with Crippen LogP contribution in [-0.4, -0.2) is 29.7 Å². The average Bonchev–Trinajstić information content (AvgIpc) is 2.36. The third-order valence-corrected chi connectivity index (χ3v) is 2.44. The van der Waals surface area contributed by atoms with Crippen LogP contribution in [0.1, 0.15) is 12.5 Å². The van der Waals surface area contributed by atoms with Crippen molar-refractivity contribution < 1.29 is 14.7 Å². The molecular formula is C14H18N2O3. The first-order valence-electron chi connectivity index (χ1n) is 5.94. The number of carboxylic acids is 1. The second kappa shape index (κ2) is 7.20. The zero-order valence-electron chi connectivity index (χ0n) is 10.8. The van der Waals surface area contributed by atoms with Gasteiger partial charge in [-0.15, -0.1) is 0 Å². The van der Waals surface area contributed by atoms with Crippen LogP contribution in [-0.2, 0) is 11.2 Å². The van der Waals surface area contributed by atoms with E-state index >= 15 is 0 Å². The van der Waals surface area contributed by atoms with Crippen LogP contribution in [0.3, 0.4) is 0 Å². The highest BCUT2D eigenvalue weighted by atomic mass is 16.4. The largest absolute Gasteiger partial charge is 0.480 e. The Labute approximate surface area is 112 Å². The second-order valence-corrected chi connectivity index (χ2v) is 4.36. The van der Waals surface area contributed by atoms with Gasteiger partial charge in [-0.25, -0.2) is 9.59 Å². The minimum atomic E-state index is -1.06. The summed E-state index contributed by atoms with van der Waals surface area (Å²) in [5.41, 5.74) is 1.65. The number of benzene rings is 1. The summed E-state index contributed by atoms with van der Waals surface area (Å²) in [6.07, 6.45) is 0.247. The summed E-state index contributed by atoms with van der Waals surface area (Å²) in [5, 5.41) is 14.1. The van der Waals surface area contributed by atoms with Crippen molar-refractivity contribution in [3.8, 4) is 0 Å². The topological polar surface area (TPSA) is 78.4 Å². The summed E-state index contributed by atoms with van der Waals surface area (Å²) < 4.78 is 0. The molecule has 1 atom stereocenters. The maximum atomic E-state index is 11.5. The smallest absolute Gasteiger partial charge is 0.326 e. The number of carbonyl (C=O) groups excluding carboxylic acids is 1. The number of nitrogens with one attached hydrogen (secondary N) is 2. The fourth-order valence-electron chi connectivity index (χ4n) is 1.49. The number of hydrogen-bond acceptors (Lipinski definition) is 2. The zero-order valence-corrected chi connectivity index (χ0v) is 10.8. The molecule has 0 aromatic heterocycles. The van der Waals surface area contributed by atoms with Crippen LogP contribution in [0, 0.1) is 0 Å². The summed E-state index contributed by atoms with van der Waals surface area (Å²) in [6.45, 7) is 5.75.